The van der Waals surface area contributed by atoms with Crippen LogP contribution in [-0.2, 0) is 11.3 Å². The van der Waals surface area contributed by atoms with Gasteiger partial charge in [0.2, 0.25) is 0 Å². The fraction of sp³-hybridized carbons (Fsp3) is 0.625. The first kappa shape index (κ1) is 15.2. The Hall–Kier alpha value is -1.66. The van der Waals surface area contributed by atoms with E-state index in [-0.39, 0.29) is 18.2 Å². The molecule has 1 N–H and O–H groups in total. The monoisotopic (exact) mass is 304 g/mol. The van der Waals surface area contributed by atoms with Crippen molar-refractivity contribution in [3.8, 4) is 0 Å². The predicted octanol–water partition coefficient (Wildman–Crippen LogP) is 1.08. The van der Waals surface area contributed by atoms with Gasteiger partial charge in [-0.25, -0.2) is 4.79 Å². The summed E-state index contributed by atoms with van der Waals surface area (Å²) in [6.07, 6.45) is 6.00. The number of likely N-dealkylation sites (tertiary alicyclic amines) is 1. The van der Waals surface area contributed by atoms with Gasteiger partial charge >= 0.3 is 6.03 Å². The van der Waals surface area contributed by atoms with Crippen LogP contribution in [0.25, 0.3) is 0 Å². The van der Waals surface area contributed by atoms with E-state index in [0.717, 1.165) is 32.5 Å². The van der Waals surface area contributed by atoms with Crippen molar-refractivity contribution >= 4 is 6.03 Å². The molecule has 22 heavy (non-hydrogen) atoms. The number of aromatic nitrogens is 1. The molecule has 1 aromatic heterocycles. The van der Waals surface area contributed by atoms with E-state index in [1.807, 2.05) is 12.3 Å². The largest absolute Gasteiger partial charge is 0.374 e. The van der Waals surface area contributed by atoms with Gasteiger partial charge in [-0.15, -0.1) is 0 Å². The quantitative estimate of drug-likeness (QED) is 0.908. The minimum atomic E-state index is -0.0545. The topological polar surface area (TPSA) is 57.7 Å². The van der Waals surface area contributed by atoms with E-state index in [2.05, 4.69) is 21.3 Å². The van der Waals surface area contributed by atoms with Crippen LogP contribution in [0.3, 0.4) is 0 Å². The lowest BCUT2D eigenvalue weighted by atomic mass is 10.0. The van der Waals surface area contributed by atoms with E-state index in [9.17, 15) is 4.79 Å². The van der Waals surface area contributed by atoms with Crippen LogP contribution in [0.4, 0.5) is 4.79 Å². The molecule has 0 bridgehead atoms. The Morgan fingerprint density at radius 1 is 1.55 bits per heavy atom. The van der Waals surface area contributed by atoms with E-state index >= 15 is 0 Å². The molecule has 3 rings (SSSR count). The Kier molecular flexibility index (Phi) is 4.59. The van der Waals surface area contributed by atoms with Crippen molar-refractivity contribution in [1.82, 2.24) is 20.1 Å². The summed E-state index contributed by atoms with van der Waals surface area (Å²) in [5, 5.41) is 3.10. The van der Waals surface area contributed by atoms with Gasteiger partial charge in [-0.3, -0.25) is 9.88 Å². The molecule has 3 atom stereocenters. The molecule has 1 aromatic rings. The lowest BCUT2D eigenvalue weighted by Crippen LogP contribution is -2.50. The number of carbonyl (C=O) groups is 1. The van der Waals surface area contributed by atoms with Gasteiger partial charge in [-0.2, -0.15) is 0 Å². The maximum absolute atomic E-state index is 12.0. The first-order valence-electron chi connectivity index (χ1n) is 7.87. The van der Waals surface area contributed by atoms with Crippen LogP contribution in [0.1, 0.15) is 18.4 Å². The second-order valence-corrected chi connectivity index (χ2v) is 6.29. The first-order chi connectivity index (χ1) is 10.6. The van der Waals surface area contributed by atoms with Crippen molar-refractivity contribution in [1.29, 1.82) is 0 Å². The molecule has 120 valence electrons. The zero-order valence-electron chi connectivity index (χ0n) is 13.2. The normalized spacial score (nSPS) is 28.2. The van der Waals surface area contributed by atoms with Crippen molar-refractivity contribution < 1.29 is 9.53 Å². The second kappa shape index (κ2) is 6.62. The van der Waals surface area contributed by atoms with Crippen molar-refractivity contribution in [3.05, 3.63) is 30.1 Å². The predicted molar refractivity (Wildman–Crippen MR) is 83.4 cm³/mol. The maximum Gasteiger partial charge on any atom is 0.317 e. The maximum atomic E-state index is 12.0. The summed E-state index contributed by atoms with van der Waals surface area (Å²) in [6, 6.07) is 4.43. The Bertz CT molecular complexity index is 508. The van der Waals surface area contributed by atoms with Crippen LogP contribution >= 0.6 is 0 Å². The van der Waals surface area contributed by atoms with E-state index in [0.29, 0.717) is 6.04 Å². The van der Waals surface area contributed by atoms with Gasteiger partial charge in [0.05, 0.1) is 12.1 Å². The molecular weight excluding hydrogens is 280 g/mol. The van der Waals surface area contributed by atoms with Gasteiger partial charge in [0.25, 0.3) is 0 Å². The summed E-state index contributed by atoms with van der Waals surface area (Å²) in [5.74, 6) is 0. The number of urea groups is 1. The molecule has 0 saturated carbocycles. The van der Waals surface area contributed by atoms with Gasteiger partial charge in [-0.05, 0) is 24.5 Å². The van der Waals surface area contributed by atoms with E-state index in [4.69, 9.17) is 4.74 Å². The standard InChI is InChI=1S/C16H24N4O2/c1-19(2)16(21)18-13-11-20(10-12-5-3-7-17-9-12)14-6-4-8-22-15(13)14/h3,5,7,9,13-15H,4,6,8,10-11H2,1-2H3,(H,18,21)/t13-,14+,15+/m0/s1. The van der Waals surface area contributed by atoms with Crippen molar-refractivity contribution in [2.24, 2.45) is 0 Å². The van der Waals surface area contributed by atoms with Gasteiger partial charge in [0.15, 0.2) is 0 Å². The number of ether oxygens (including phenoxy) is 1. The minimum Gasteiger partial charge on any atom is -0.374 e. The van der Waals surface area contributed by atoms with Crippen LogP contribution in [0.2, 0.25) is 0 Å². The highest BCUT2D eigenvalue weighted by Crippen LogP contribution is 2.30. The third kappa shape index (κ3) is 3.23. The highest BCUT2D eigenvalue weighted by Gasteiger charge is 2.44. The number of hydrogen-bond acceptors (Lipinski definition) is 4. The molecule has 6 nitrogen and oxygen atoms in total. The molecule has 0 aliphatic carbocycles. The lowest BCUT2D eigenvalue weighted by Gasteiger charge is -2.32. The van der Waals surface area contributed by atoms with Crippen LogP contribution in [0.5, 0.6) is 0 Å². The van der Waals surface area contributed by atoms with Crippen LogP contribution < -0.4 is 5.32 Å². The smallest absolute Gasteiger partial charge is 0.317 e. The fourth-order valence-electron chi connectivity index (χ4n) is 3.38. The van der Waals surface area contributed by atoms with Gasteiger partial charge in [0.1, 0.15) is 0 Å². The Morgan fingerprint density at radius 3 is 3.14 bits per heavy atom. The molecule has 0 aromatic carbocycles. The molecular formula is C16H24N4O2. The van der Waals surface area contributed by atoms with Crippen molar-refractivity contribution in [3.63, 3.8) is 0 Å². The number of fused-ring (bicyclic) bond motifs is 1. The Morgan fingerprint density at radius 2 is 2.41 bits per heavy atom. The highest BCUT2D eigenvalue weighted by atomic mass is 16.5. The minimum absolute atomic E-state index is 0.0527. The molecule has 2 aliphatic heterocycles. The van der Waals surface area contributed by atoms with Crippen molar-refractivity contribution in [2.45, 2.75) is 37.6 Å². The summed E-state index contributed by atoms with van der Waals surface area (Å²) in [4.78, 5) is 20.1. The SMILES string of the molecule is CN(C)C(=O)N[C@H]1CN(Cc2cccnc2)[C@@H]2CCCO[C@H]12. The van der Waals surface area contributed by atoms with Crippen LogP contribution in [-0.4, -0.2) is 66.2 Å². The van der Waals surface area contributed by atoms with Gasteiger partial charge in [-0.1, -0.05) is 6.07 Å². The van der Waals surface area contributed by atoms with Crippen molar-refractivity contribution in [2.75, 3.05) is 27.2 Å². The zero-order valence-corrected chi connectivity index (χ0v) is 13.2. The molecule has 2 amide bonds. The highest BCUT2D eigenvalue weighted by molar-refractivity contribution is 5.74. The van der Waals surface area contributed by atoms with Gasteiger partial charge in [0, 0.05) is 52.2 Å². The van der Waals surface area contributed by atoms with E-state index < -0.39 is 0 Å². The molecule has 2 aliphatic rings. The zero-order chi connectivity index (χ0) is 15.5. The van der Waals surface area contributed by atoms with Gasteiger partial charge < -0.3 is 15.0 Å². The third-order valence-corrected chi connectivity index (χ3v) is 4.45. The molecule has 0 spiro atoms. The van der Waals surface area contributed by atoms with E-state index in [1.165, 1.54) is 5.56 Å². The van der Waals surface area contributed by atoms with E-state index in [1.54, 1.807) is 25.2 Å². The summed E-state index contributed by atoms with van der Waals surface area (Å²) in [5.41, 5.74) is 1.20. The second-order valence-electron chi connectivity index (χ2n) is 6.29. The summed E-state index contributed by atoms with van der Waals surface area (Å²) in [7, 11) is 3.52. The number of amides is 2. The summed E-state index contributed by atoms with van der Waals surface area (Å²) in [6.45, 7) is 2.47. The fourth-order valence-corrected chi connectivity index (χ4v) is 3.38. The summed E-state index contributed by atoms with van der Waals surface area (Å²) < 4.78 is 5.97. The number of nitrogens with one attached hydrogen (secondary N) is 1. The molecule has 0 radical (unpaired) electrons. The number of rotatable bonds is 3. The Balaban J connectivity index is 1.70. The molecule has 0 unspecified atom stereocenters. The molecule has 3 heterocycles. The number of nitrogens with zero attached hydrogens (tertiary/aromatic N) is 3. The number of carbonyl (C=O) groups excluding carboxylic acids is 1. The molecule has 6 heteroatoms. The number of pyridine rings is 1. The first-order valence-corrected chi connectivity index (χ1v) is 7.87. The average Bonchev–Trinajstić information content (AvgIpc) is 2.86. The van der Waals surface area contributed by atoms with Crippen LogP contribution in [0.15, 0.2) is 24.5 Å². The lowest BCUT2D eigenvalue weighted by molar-refractivity contribution is -0.0207. The Labute approximate surface area is 131 Å². The average molecular weight is 304 g/mol. The summed E-state index contributed by atoms with van der Waals surface area (Å²) >= 11 is 0. The third-order valence-electron chi connectivity index (χ3n) is 4.45. The molecule has 2 saturated heterocycles. The number of hydrogen-bond donors (Lipinski definition) is 1. The molecule has 2 fully saturated rings. The van der Waals surface area contributed by atoms with Crippen LogP contribution in [0, 0.1) is 0 Å².